The smallest absolute Gasteiger partial charge is 0.123 e. The average molecular weight is 279 g/mol. The fourth-order valence-corrected chi connectivity index (χ4v) is 2.81. The number of rotatable bonds is 4. The summed E-state index contributed by atoms with van der Waals surface area (Å²) in [6, 6.07) is 6.68. The van der Waals surface area contributed by atoms with Gasteiger partial charge >= 0.3 is 0 Å². The number of hydrogen-bond donors (Lipinski definition) is 2. The number of benzene rings is 1. The molecular weight excluding hydrogens is 253 g/mol. The lowest BCUT2D eigenvalue weighted by Gasteiger charge is -2.40. The summed E-state index contributed by atoms with van der Waals surface area (Å²) < 4.78 is 13.2. The van der Waals surface area contributed by atoms with Crippen LogP contribution in [0.15, 0.2) is 24.3 Å². The molecule has 1 aliphatic carbocycles. The molecular formula is C17H26FNO. The molecule has 0 heterocycles. The Labute approximate surface area is 121 Å². The Morgan fingerprint density at radius 1 is 1.25 bits per heavy atom. The first-order chi connectivity index (χ1) is 9.30. The molecule has 1 saturated carbocycles. The summed E-state index contributed by atoms with van der Waals surface area (Å²) in [4.78, 5) is 0. The number of nitrogens with one attached hydrogen (secondary N) is 1. The van der Waals surface area contributed by atoms with Crippen LogP contribution in [0.25, 0.3) is 0 Å². The van der Waals surface area contributed by atoms with Gasteiger partial charge in [-0.05, 0) is 55.7 Å². The molecule has 1 atom stereocenters. The van der Waals surface area contributed by atoms with Gasteiger partial charge in [0.15, 0.2) is 0 Å². The van der Waals surface area contributed by atoms with Gasteiger partial charge in [0.2, 0.25) is 0 Å². The van der Waals surface area contributed by atoms with Gasteiger partial charge in [0, 0.05) is 12.6 Å². The van der Waals surface area contributed by atoms with Gasteiger partial charge < -0.3 is 10.4 Å². The van der Waals surface area contributed by atoms with E-state index in [0.717, 1.165) is 31.2 Å². The Hall–Kier alpha value is -0.930. The van der Waals surface area contributed by atoms with Gasteiger partial charge in [0.25, 0.3) is 0 Å². The van der Waals surface area contributed by atoms with Crippen LogP contribution < -0.4 is 5.32 Å². The van der Waals surface area contributed by atoms with Gasteiger partial charge in [-0.25, -0.2) is 4.39 Å². The zero-order valence-corrected chi connectivity index (χ0v) is 12.7. The molecule has 2 N–H and O–H groups in total. The standard InChI is InChI=1S/C17H26FNO/c1-13(14-5-4-6-15(18)11-14)19-12-17(20)9-7-16(2,3)8-10-17/h4-6,11,13,19-20H,7-10,12H2,1-3H3. The summed E-state index contributed by atoms with van der Waals surface area (Å²) >= 11 is 0. The van der Waals surface area contributed by atoms with E-state index in [4.69, 9.17) is 0 Å². The van der Waals surface area contributed by atoms with Crippen molar-refractivity contribution in [2.75, 3.05) is 6.54 Å². The quantitative estimate of drug-likeness (QED) is 0.878. The van der Waals surface area contributed by atoms with Crippen molar-refractivity contribution >= 4 is 0 Å². The lowest BCUT2D eigenvalue weighted by Crippen LogP contribution is -2.45. The van der Waals surface area contributed by atoms with Gasteiger partial charge in [0.1, 0.15) is 5.82 Å². The summed E-state index contributed by atoms with van der Waals surface area (Å²) in [6.07, 6.45) is 3.78. The van der Waals surface area contributed by atoms with Crippen molar-refractivity contribution in [3.63, 3.8) is 0 Å². The van der Waals surface area contributed by atoms with E-state index < -0.39 is 5.60 Å². The molecule has 0 saturated heterocycles. The van der Waals surface area contributed by atoms with E-state index in [1.165, 1.54) is 6.07 Å². The Balaban J connectivity index is 1.89. The van der Waals surface area contributed by atoms with Gasteiger partial charge in [-0.2, -0.15) is 0 Å². The number of hydrogen-bond acceptors (Lipinski definition) is 2. The summed E-state index contributed by atoms with van der Waals surface area (Å²) in [7, 11) is 0. The molecule has 1 aliphatic rings. The minimum atomic E-state index is -0.614. The third-order valence-corrected chi connectivity index (χ3v) is 4.62. The normalized spacial score (nSPS) is 22.4. The minimum Gasteiger partial charge on any atom is -0.389 e. The molecule has 0 aliphatic heterocycles. The van der Waals surface area contributed by atoms with Gasteiger partial charge in [-0.15, -0.1) is 0 Å². The fourth-order valence-electron chi connectivity index (χ4n) is 2.81. The molecule has 1 aromatic carbocycles. The molecule has 2 rings (SSSR count). The van der Waals surface area contributed by atoms with Crippen molar-refractivity contribution in [3.8, 4) is 0 Å². The minimum absolute atomic E-state index is 0.0460. The van der Waals surface area contributed by atoms with Crippen LogP contribution in [0.4, 0.5) is 4.39 Å². The van der Waals surface area contributed by atoms with Crippen LogP contribution in [0.1, 0.15) is 58.1 Å². The molecule has 1 unspecified atom stereocenters. The van der Waals surface area contributed by atoms with Crippen LogP contribution in [-0.2, 0) is 0 Å². The van der Waals surface area contributed by atoms with Crippen molar-refractivity contribution in [1.29, 1.82) is 0 Å². The zero-order valence-electron chi connectivity index (χ0n) is 12.7. The summed E-state index contributed by atoms with van der Waals surface area (Å²) in [5.41, 5.74) is 0.655. The van der Waals surface area contributed by atoms with Crippen molar-refractivity contribution in [3.05, 3.63) is 35.6 Å². The van der Waals surface area contributed by atoms with Crippen LogP contribution in [0, 0.1) is 11.2 Å². The number of halogens is 1. The molecule has 1 aromatic rings. The molecule has 0 spiro atoms. The third kappa shape index (κ3) is 4.03. The van der Waals surface area contributed by atoms with Crippen LogP contribution in [0.5, 0.6) is 0 Å². The van der Waals surface area contributed by atoms with E-state index in [1.807, 2.05) is 13.0 Å². The Kier molecular flexibility index (Phi) is 4.50. The van der Waals surface area contributed by atoms with E-state index in [0.29, 0.717) is 12.0 Å². The van der Waals surface area contributed by atoms with Crippen LogP contribution in [0.3, 0.4) is 0 Å². The molecule has 112 valence electrons. The lowest BCUT2D eigenvalue weighted by atomic mass is 9.71. The van der Waals surface area contributed by atoms with Gasteiger partial charge in [-0.1, -0.05) is 26.0 Å². The highest BCUT2D eigenvalue weighted by Gasteiger charge is 2.36. The maximum Gasteiger partial charge on any atom is 0.123 e. The highest BCUT2D eigenvalue weighted by molar-refractivity contribution is 5.19. The van der Waals surface area contributed by atoms with Crippen molar-refractivity contribution < 1.29 is 9.50 Å². The topological polar surface area (TPSA) is 32.3 Å². The van der Waals surface area contributed by atoms with E-state index in [9.17, 15) is 9.50 Å². The zero-order chi connectivity index (χ0) is 14.8. The molecule has 0 aromatic heterocycles. The van der Waals surface area contributed by atoms with Crippen molar-refractivity contribution in [2.45, 2.75) is 58.1 Å². The Morgan fingerprint density at radius 3 is 2.50 bits per heavy atom. The summed E-state index contributed by atoms with van der Waals surface area (Å²) in [6.45, 7) is 7.09. The second kappa shape index (κ2) is 5.82. The first kappa shape index (κ1) is 15.5. The molecule has 0 radical (unpaired) electrons. The highest BCUT2D eigenvalue weighted by Crippen LogP contribution is 2.40. The van der Waals surface area contributed by atoms with Crippen LogP contribution in [-0.4, -0.2) is 17.3 Å². The monoisotopic (exact) mass is 279 g/mol. The number of aliphatic hydroxyl groups is 1. The second-order valence-corrected chi connectivity index (χ2v) is 7.05. The average Bonchev–Trinajstić information content (AvgIpc) is 2.40. The predicted octanol–water partition coefficient (Wildman–Crippen LogP) is 3.81. The Morgan fingerprint density at radius 2 is 1.90 bits per heavy atom. The first-order valence-electron chi connectivity index (χ1n) is 7.51. The van der Waals surface area contributed by atoms with E-state index >= 15 is 0 Å². The van der Waals surface area contributed by atoms with Crippen LogP contribution in [0.2, 0.25) is 0 Å². The molecule has 1 fully saturated rings. The second-order valence-electron chi connectivity index (χ2n) is 7.05. The van der Waals surface area contributed by atoms with E-state index in [-0.39, 0.29) is 11.9 Å². The molecule has 3 heteroatoms. The molecule has 20 heavy (non-hydrogen) atoms. The lowest BCUT2D eigenvalue weighted by molar-refractivity contribution is -0.0258. The molecule has 2 nitrogen and oxygen atoms in total. The molecule has 0 bridgehead atoms. The molecule has 0 amide bonds. The van der Waals surface area contributed by atoms with Crippen molar-refractivity contribution in [2.24, 2.45) is 5.41 Å². The summed E-state index contributed by atoms with van der Waals surface area (Å²) in [5, 5.41) is 14.0. The SMILES string of the molecule is CC(NCC1(O)CCC(C)(C)CC1)c1cccc(F)c1. The first-order valence-corrected chi connectivity index (χ1v) is 7.51. The van der Waals surface area contributed by atoms with E-state index in [1.54, 1.807) is 12.1 Å². The largest absolute Gasteiger partial charge is 0.389 e. The fraction of sp³-hybridized carbons (Fsp3) is 0.647. The van der Waals surface area contributed by atoms with Crippen molar-refractivity contribution in [1.82, 2.24) is 5.32 Å². The maximum absolute atomic E-state index is 13.2. The Bertz CT molecular complexity index is 448. The van der Waals surface area contributed by atoms with Gasteiger partial charge in [-0.3, -0.25) is 0 Å². The summed E-state index contributed by atoms with van der Waals surface area (Å²) in [5.74, 6) is -0.214. The van der Waals surface area contributed by atoms with Crippen LogP contribution >= 0.6 is 0 Å². The maximum atomic E-state index is 13.2. The predicted molar refractivity (Wildman–Crippen MR) is 80.0 cm³/mol. The van der Waals surface area contributed by atoms with Gasteiger partial charge in [0.05, 0.1) is 5.60 Å². The third-order valence-electron chi connectivity index (χ3n) is 4.62. The highest BCUT2D eigenvalue weighted by atomic mass is 19.1. The van der Waals surface area contributed by atoms with E-state index in [2.05, 4.69) is 19.2 Å².